The number of carboxylic acid groups (broad SMARTS) is 1. The molecule has 0 aromatic heterocycles. The normalized spacial score (nSPS) is 30.3. The fourth-order valence-electron chi connectivity index (χ4n) is 2.25. The van der Waals surface area contributed by atoms with Crippen molar-refractivity contribution in [2.45, 2.75) is 44.9 Å². The van der Waals surface area contributed by atoms with Gasteiger partial charge in [0.1, 0.15) is 5.54 Å². The van der Waals surface area contributed by atoms with Crippen LogP contribution in [0, 0.1) is 5.41 Å². The Bertz CT molecular complexity index is 371. The van der Waals surface area contributed by atoms with E-state index in [-0.39, 0.29) is 12.6 Å². The molecule has 1 saturated carbocycles. The van der Waals surface area contributed by atoms with Gasteiger partial charge in [-0.2, -0.15) is 0 Å². The first-order valence-corrected chi connectivity index (χ1v) is 6.26. The van der Waals surface area contributed by atoms with Crippen molar-refractivity contribution in [3.63, 3.8) is 0 Å². The molecule has 0 spiro atoms. The summed E-state index contributed by atoms with van der Waals surface area (Å²) in [7, 11) is 0. The highest BCUT2D eigenvalue weighted by Crippen LogP contribution is 2.49. The third-order valence-corrected chi connectivity index (χ3v) is 3.98. The van der Waals surface area contributed by atoms with E-state index in [2.05, 4.69) is 5.32 Å². The predicted molar refractivity (Wildman–Crippen MR) is 67.4 cm³/mol. The summed E-state index contributed by atoms with van der Waals surface area (Å²) in [5.74, 6) is -1.85. The van der Waals surface area contributed by atoms with Crippen molar-refractivity contribution >= 4 is 11.9 Å². The maximum atomic E-state index is 12.0. The molecule has 0 saturated heterocycles. The van der Waals surface area contributed by atoms with Crippen molar-refractivity contribution < 1.29 is 24.5 Å². The van der Waals surface area contributed by atoms with Crippen LogP contribution >= 0.6 is 0 Å². The second-order valence-electron chi connectivity index (χ2n) is 5.41. The van der Waals surface area contributed by atoms with Crippen molar-refractivity contribution in [1.29, 1.82) is 0 Å². The minimum atomic E-state index is -1.63. The Morgan fingerprint density at radius 3 is 2.53 bits per heavy atom. The smallest absolute Gasteiger partial charge is 0.334 e. The van der Waals surface area contributed by atoms with Gasteiger partial charge in [0.25, 0.3) is 0 Å². The Labute approximate surface area is 112 Å². The minimum absolute atomic E-state index is 0.0994. The summed E-state index contributed by atoms with van der Waals surface area (Å²) in [5, 5.41) is 20.0. The van der Waals surface area contributed by atoms with Crippen LogP contribution in [0.2, 0.25) is 0 Å². The van der Waals surface area contributed by atoms with Crippen LogP contribution in [0.1, 0.15) is 27.2 Å². The summed E-state index contributed by atoms with van der Waals surface area (Å²) in [6, 6.07) is 0. The van der Waals surface area contributed by atoms with E-state index >= 15 is 0 Å². The van der Waals surface area contributed by atoms with Gasteiger partial charge in [-0.15, -0.1) is 0 Å². The highest BCUT2D eigenvalue weighted by Gasteiger charge is 2.62. The van der Waals surface area contributed by atoms with E-state index in [0.29, 0.717) is 13.0 Å². The van der Waals surface area contributed by atoms with E-state index in [1.54, 1.807) is 0 Å². The van der Waals surface area contributed by atoms with Crippen molar-refractivity contribution in [1.82, 2.24) is 5.32 Å². The SMILES string of the molecule is CCOC1CC(N)(C(=O)NC[C@H](O)C(=O)O)C1(C)C. The van der Waals surface area contributed by atoms with Crippen LogP contribution in [0.15, 0.2) is 0 Å². The second kappa shape index (κ2) is 5.44. The van der Waals surface area contributed by atoms with Gasteiger partial charge in [0.05, 0.1) is 12.6 Å². The Morgan fingerprint density at radius 2 is 2.11 bits per heavy atom. The Balaban J connectivity index is 2.60. The lowest BCUT2D eigenvalue weighted by molar-refractivity contribution is -0.171. The van der Waals surface area contributed by atoms with E-state index < -0.39 is 28.9 Å². The van der Waals surface area contributed by atoms with Crippen LogP contribution in [0.4, 0.5) is 0 Å². The van der Waals surface area contributed by atoms with Crippen LogP contribution in [-0.2, 0) is 14.3 Å². The first kappa shape index (κ1) is 15.9. The standard InChI is InChI=1S/C12H22N2O5/c1-4-19-8-5-12(13,11(8,2)3)10(18)14-6-7(15)9(16)17/h7-8,15H,4-6,13H2,1-3H3,(H,14,18)(H,16,17)/t7-,8?,12?/m0/s1. The molecule has 110 valence electrons. The Kier molecular flexibility index (Phi) is 4.54. The number of carbonyl (C=O) groups is 2. The van der Waals surface area contributed by atoms with E-state index in [0.717, 1.165) is 0 Å². The van der Waals surface area contributed by atoms with Gasteiger partial charge in [-0.05, 0) is 6.92 Å². The number of amides is 1. The summed E-state index contributed by atoms with van der Waals surface area (Å²) < 4.78 is 5.50. The zero-order valence-electron chi connectivity index (χ0n) is 11.5. The topological polar surface area (TPSA) is 122 Å². The number of nitrogens with two attached hydrogens (primary N) is 1. The highest BCUT2D eigenvalue weighted by molar-refractivity contribution is 5.89. The summed E-state index contributed by atoms with van der Waals surface area (Å²) in [6.45, 7) is 5.73. The third kappa shape index (κ3) is 2.72. The molecule has 7 heteroatoms. The van der Waals surface area contributed by atoms with Crippen LogP contribution in [-0.4, -0.2) is 53.0 Å². The lowest BCUT2D eigenvalue weighted by Gasteiger charge is -2.57. The summed E-state index contributed by atoms with van der Waals surface area (Å²) in [5.41, 5.74) is 4.44. The molecule has 7 nitrogen and oxygen atoms in total. The molecule has 19 heavy (non-hydrogen) atoms. The number of hydrogen-bond acceptors (Lipinski definition) is 5. The lowest BCUT2D eigenvalue weighted by atomic mass is 9.54. The quantitative estimate of drug-likeness (QED) is 0.497. The zero-order chi connectivity index (χ0) is 14.8. The van der Waals surface area contributed by atoms with Crippen molar-refractivity contribution in [2.75, 3.05) is 13.2 Å². The molecule has 0 radical (unpaired) electrons. The average Bonchev–Trinajstić information content (AvgIpc) is 2.34. The fraction of sp³-hybridized carbons (Fsp3) is 0.833. The molecule has 0 bridgehead atoms. The van der Waals surface area contributed by atoms with Gasteiger partial charge >= 0.3 is 5.97 Å². The number of rotatable bonds is 6. The second-order valence-corrected chi connectivity index (χ2v) is 5.41. The molecule has 0 aromatic carbocycles. The van der Waals surface area contributed by atoms with Gasteiger partial charge in [-0.25, -0.2) is 4.79 Å². The number of aliphatic hydroxyl groups excluding tert-OH is 1. The van der Waals surface area contributed by atoms with Crippen molar-refractivity contribution in [2.24, 2.45) is 11.1 Å². The molecular formula is C12H22N2O5. The number of ether oxygens (including phenoxy) is 1. The van der Waals surface area contributed by atoms with Crippen molar-refractivity contribution in [3.05, 3.63) is 0 Å². The molecular weight excluding hydrogens is 252 g/mol. The third-order valence-electron chi connectivity index (χ3n) is 3.98. The van der Waals surface area contributed by atoms with Gasteiger partial charge in [0.2, 0.25) is 5.91 Å². The van der Waals surface area contributed by atoms with Crippen LogP contribution in [0.5, 0.6) is 0 Å². The first-order valence-electron chi connectivity index (χ1n) is 6.26. The number of hydrogen-bond donors (Lipinski definition) is 4. The molecule has 2 unspecified atom stereocenters. The fourth-order valence-corrected chi connectivity index (χ4v) is 2.25. The maximum Gasteiger partial charge on any atom is 0.334 e. The summed E-state index contributed by atoms with van der Waals surface area (Å²) in [4.78, 5) is 22.5. The van der Waals surface area contributed by atoms with Gasteiger partial charge in [-0.3, -0.25) is 4.79 Å². The van der Waals surface area contributed by atoms with Gasteiger partial charge in [0.15, 0.2) is 6.10 Å². The van der Waals surface area contributed by atoms with Crippen molar-refractivity contribution in [3.8, 4) is 0 Å². The van der Waals surface area contributed by atoms with Gasteiger partial charge in [0, 0.05) is 18.4 Å². The molecule has 1 rings (SSSR count). The summed E-state index contributed by atoms with van der Waals surface area (Å²) >= 11 is 0. The molecule has 1 fully saturated rings. The molecule has 1 aliphatic rings. The Morgan fingerprint density at radius 1 is 1.53 bits per heavy atom. The Hall–Kier alpha value is -1.18. The van der Waals surface area contributed by atoms with Crippen LogP contribution in [0.25, 0.3) is 0 Å². The first-order chi connectivity index (χ1) is 8.66. The summed E-state index contributed by atoms with van der Waals surface area (Å²) in [6.07, 6.45) is -1.35. The number of aliphatic hydroxyl groups is 1. The maximum absolute atomic E-state index is 12.0. The van der Waals surface area contributed by atoms with E-state index in [1.807, 2.05) is 20.8 Å². The van der Waals surface area contributed by atoms with Crippen LogP contribution < -0.4 is 11.1 Å². The number of aliphatic carboxylic acids is 1. The highest BCUT2D eigenvalue weighted by atomic mass is 16.5. The number of carboxylic acids is 1. The molecule has 0 aliphatic heterocycles. The molecule has 3 atom stereocenters. The van der Waals surface area contributed by atoms with Gasteiger partial charge in [-0.1, -0.05) is 13.8 Å². The monoisotopic (exact) mass is 274 g/mol. The van der Waals surface area contributed by atoms with Gasteiger partial charge < -0.3 is 26.0 Å². The number of nitrogens with one attached hydrogen (secondary N) is 1. The molecule has 1 aliphatic carbocycles. The minimum Gasteiger partial charge on any atom is -0.479 e. The molecule has 1 amide bonds. The van der Waals surface area contributed by atoms with Crippen LogP contribution in [0.3, 0.4) is 0 Å². The molecule has 0 aromatic rings. The van der Waals surface area contributed by atoms with E-state index in [1.165, 1.54) is 0 Å². The molecule has 0 heterocycles. The van der Waals surface area contributed by atoms with E-state index in [9.17, 15) is 9.59 Å². The lowest BCUT2D eigenvalue weighted by Crippen LogP contribution is -2.76. The number of carbonyl (C=O) groups excluding carboxylic acids is 1. The average molecular weight is 274 g/mol. The van der Waals surface area contributed by atoms with E-state index in [4.69, 9.17) is 20.7 Å². The zero-order valence-corrected chi connectivity index (χ0v) is 11.5. The molecule has 5 N–H and O–H groups in total. The largest absolute Gasteiger partial charge is 0.479 e. The predicted octanol–water partition coefficient (Wildman–Crippen LogP) is -0.919.